The molecule has 162 valence electrons. The molecule has 0 aromatic carbocycles. The molecule has 1 unspecified atom stereocenters. The van der Waals surface area contributed by atoms with Gasteiger partial charge in [-0.05, 0) is 103 Å². The zero-order valence-corrected chi connectivity index (χ0v) is 20.1. The molecule has 0 aromatic heterocycles. The van der Waals surface area contributed by atoms with Gasteiger partial charge < -0.3 is 0 Å². The highest BCUT2D eigenvalue weighted by molar-refractivity contribution is 5.09. The Kier molecular flexibility index (Phi) is 6.01. The predicted molar refractivity (Wildman–Crippen MR) is 122 cm³/mol. The molecule has 0 aliphatic heterocycles. The summed E-state index contributed by atoms with van der Waals surface area (Å²) >= 11 is 0. The van der Waals surface area contributed by atoms with Crippen LogP contribution in [0, 0.1) is 58.2 Å². The third-order valence-electron chi connectivity index (χ3n) is 11.2. The molecule has 4 aliphatic rings. The number of rotatable bonds is 5. The molecule has 4 fully saturated rings. The fraction of sp³-hybridized carbons (Fsp3) is 1.00. The van der Waals surface area contributed by atoms with Crippen LogP contribution in [0.5, 0.6) is 0 Å². The Morgan fingerprint density at radius 1 is 0.750 bits per heavy atom. The molecule has 0 saturated heterocycles. The maximum Gasteiger partial charge on any atom is -0.0264 e. The van der Waals surface area contributed by atoms with Crippen LogP contribution in [-0.2, 0) is 0 Å². The second-order valence-electron chi connectivity index (χ2n) is 13.0. The van der Waals surface area contributed by atoms with Crippen molar-refractivity contribution in [3.05, 3.63) is 0 Å². The van der Waals surface area contributed by atoms with Crippen LogP contribution in [0.3, 0.4) is 0 Å². The van der Waals surface area contributed by atoms with Gasteiger partial charge >= 0.3 is 0 Å². The number of fused-ring (bicyclic) bond motifs is 5. The second-order valence-corrected chi connectivity index (χ2v) is 13.0. The lowest BCUT2D eigenvalue weighted by Crippen LogP contribution is -2.54. The van der Waals surface area contributed by atoms with Gasteiger partial charge in [0.15, 0.2) is 0 Å². The van der Waals surface area contributed by atoms with Crippen molar-refractivity contribution < 1.29 is 0 Å². The molecule has 4 aliphatic carbocycles. The molecule has 0 heteroatoms. The highest BCUT2D eigenvalue weighted by Gasteiger charge is 2.60. The van der Waals surface area contributed by atoms with E-state index in [2.05, 4.69) is 41.5 Å². The van der Waals surface area contributed by atoms with E-state index in [1.165, 1.54) is 32.1 Å². The second kappa shape index (κ2) is 7.92. The summed E-state index contributed by atoms with van der Waals surface area (Å²) in [7, 11) is 0. The highest BCUT2D eigenvalue weighted by Crippen LogP contribution is 2.68. The number of hydrogen-bond acceptors (Lipinski definition) is 0. The van der Waals surface area contributed by atoms with Gasteiger partial charge in [0.05, 0.1) is 0 Å². The minimum atomic E-state index is 0.669. The summed E-state index contributed by atoms with van der Waals surface area (Å²) in [6.45, 7) is 15.5. The molecule has 4 saturated carbocycles. The van der Waals surface area contributed by atoms with Gasteiger partial charge in [-0.1, -0.05) is 73.6 Å². The fourth-order valence-electron chi connectivity index (χ4n) is 9.82. The van der Waals surface area contributed by atoms with Crippen LogP contribution in [0.2, 0.25) is 0 Å². The van der Waals surface area contributed by atoms with Crippen molar-refractivity contribution in [1.82, 2.24) is 0 Å². The molecule has 0 radical (unpaired) electrons. The minimum absolute atomic E-state index is 0.669. The average molecular weight is 387 g/mol. The maximum absolute atomic E-state index is 2.75. The van der Waals surface area contributed by atoms with E-state index in [9.17, 15) is 0 Å². The Balaban J connectivity index is 1.47. The van der Waals surface area contributed by atoms with Crippen molar-refractivity contribution >= 4 is 0 Å². The van der Waals surface area contributed by atoms with E-state index in [0.29, 0.717) is 10.8 Å². The standard InChI is InChI=1S/C28H50/c1-19(2)9-7-10-20(3)24-14-15-25-22-12-13-23-21(4)11-8-17-27(23,5)26(22)16-18-28(24,25)6/h19-26H,7-18H2,1-6H3/t20-,21-,22+,23?,24-,25+,26+,27+,28-/m1/s1. The lowest BCUT2D eigenvalue weighted by molar-refractivity contribution is -0.127. The Morgan fingerprint density at radius 2 is 1.46 bits per heavy atom. The Labute approximate surface area is 177 Å². The Hall–Kier alpha value is 0. The van der Waals surface area contributed by atoms with Gasteiger partial charge in [0.2, 0.25) is 0 Å². The minimum Gasteiger partial charge on any atom is -0.0628 e. The van der Waals surface area contributed by atoms with Crippen LogP contribution >= 0.6 is 0 Å². The molecule has 4 rings (SSSR count). The first-order valence-electron chi connectivity index (χ1n) is 13.3. The summed E-state index contributed by atoms with van der Waals surface area (Å²) in [5, 5.41) is 0. The molecular formula is C28H50. The largest absolute Gasteiger partial charge is 0.0628 e. The molecular weight excluding hydrogens is 336 g/mol. The van der Waals surface area contributed by atoms with E-state index in [4.69, 9.17) is 0 Å². The lowest BCUT2D eigenvalue weighted by Gasteiger charge is -2.62. The summed E-state index contributed by atoms with van der Waals surface area (Å²) < 4.78 is 0. The van der Waals surface area contributed by atoms with Crippen molar-refractivity contribution in [2.45, 2.75) is 119 Å². The van der Waals surface area contributed by atoms with Crippen LogP contribution in [0.15, 0.2) is 0 Å². The van der Waals surface area contributed by atoms with Gasteiger partial charge in [0.25, 0.3) is 0 Å². The van der Waals surface area contributed by atoms with Crippen LogP contribution in [0.4, 0.5) is 0 Å². The van der Waals surface area contributed by atoms with Crippen molar-refractivity contribution in [3.8, 4) is 0 Å². The van der Waals surface area contributed by atoms with Crippen LogP contribution < -0.4 is 0 Å². The fourth-order valence-corrected chi connectivity index (χ4v) is 9.82. The van der Waals surface area contributed by atoms with Gasteiger partial charge in [-0.3, -0.25) is 0 Å². The number of hydrogen-bond donors (Lipinski definition) is 0. The first kappa shape index (κ1) is 21.2. The first-order valence-corrected chi connectivity index (χ1v) is 13.3. The van der Waals surface area contributed by atoms with Gasteiger partial charge in [0, 0.05) is 0 Å². The molecule has 0 nitrogen and oxygen atoms in total. The van der Waals surface area contributed by atoms with Crippen LogP contribution in [0.1, 0.15) is 119 Å². The van der Waals surface area contributed by atoms with Gasteiger partial charge in [-0.15, -0.1) is 0 Å². The van der Waals surface area contributed by atoms with Gasteiger partial charge in [0.1, 0.15) is 0 Å². The smallest absolute Gasteiger partial charge is 0.0264 e. The molecule has 0 amide bonds. The maximum atomic E-state index is 2.75. The Morgan fingerprint density at radius 3 is 2.21 bits per heavy atom. The van der Waals surface area contributed by atoms with Crippen molar-refractivity contribution in [1.29, 1.82) is 0 Å². The van der Waals surface area contributed by atoms with Gasteiger partial charge in [-0.2, -0.15) is 0 Å². The molecule has 0 spiro atoms. The van der Waals surface area contributed by atoms with Crippen molar-refractivity contribution in [2.24, 2.45) is 58.2 Å². The predicted octanol–water partition coefficient (Wildman–Crippen LogP) is 8.74. The summed E-state index contributed by atoms with van der Waals surface area (Å²) in [5.41, 5.74) is 1.35. The molecule has 0 bridgehead atoms. The van der Waals surface area contributed by atoms with Crippen LogP contribution in [-0.4, -0.2) is 0 Å². The monoisotopic (exact) mass is 386 g/mol. The van der Waals surface area contributed by atoms with Crippen molar-refractivity contribution in [2.75, 3.05) is 0 Å². The molecule has 0 N–H and O–H groups in total. The summed E-state index contributed by atoms with van der Waals surface area (Å²) in [6.07, 6.45) is 18.3. The SMILES string of the molecule is CC(C)CCC[C@@H](C)[C@H]1CC[C@H]2[C@@H]3CCC4[C@H](C)CCC[C@]4(C)[C@H]3CC[C@]12C. The highest BCUT2D eigenvalue weighted by atomic mass is 14.7. The third-order valence-corrected chi connectivity index (χ3v) is 11.2. The third kappa shape index (κ3) is 3.41. The average Bonchev–Trinajstić information content (AvgIpc) is 2.98. The zero-order chi connectivity index (χ0) is 20.1. The molecule has 28 heavy (non-hydrogen) atoms. The van der Waals surface area contributed by atoms with Crippen LogP contribution in [0.25, 0.3) is 0 Å². The first-order chi connectivity index (χ1) is 13.3. The zero-order valence-electron chi connectivity index (χ0n) is 20.1. The summed E-state index contributed by atoms with van der Waals surface area (Å²) in [6, 6.07) is 0. The van der Waals surface area contributed by atoms with Crippen molar-refractivity contribution in [3.63, 3.8) is 0 Å². The summed E-state index contributed by atoms with van der Waals surface area (Å²) in [4.78, 5) is 0. The topological polar surface area (TPSA) is 0 Å². The lowest BCUT2D eigenvalue weighted by atomic mass is 9.43. The van der Waals surface area contributed by atoms with E-state index < -0.39 is 0 Å². The van der Waals surface area contributed by atoms with E-state index in [-0.39, 0.29) is 0 Å². The molecule has 0 heterocycles. The normalized spacial score (nSPS) is 49.4. The molecule has 9 atom stereocenters. The van der Waals surface area contributed by atoms with E-state index in [1.807, 2.05) is 0 Å². The van der Waals surface area contributed by atoms with E-state index in [1.54, 1.807) is 44.9 Å². The quantitative estimate of drug-likeness (QED) is 0.443. The Bertz CT molecular complexity index is 534. The van der Waals surface area contributed by atoms with E-state index >= 15 is 0 Å². The summed E-state index contributed by atoms with van der Waals surface area (Å²) in [5.74, 6) is 8.06. The van der Waals surface area contributed by atoms with Gasteiger partial charge in [-0.25, -0.2) is 0 Å². The van der Waals surface area contributed by atoms with E-state index in [0.717, 1.165) is 47.3 Å². The molecule has 0 aromatic rings.